The minimum atomic E-state index is -0.224. The van der Waals surface area contributed by atoms with Crippen LogP contribution in [0.2, 0.25) is 0 Å². The van der Waals surface area contributed by atoms with Gasteiger partial charge in [-0.05, 0) is 60.7 Å². The minimum absolute atomic E-state index is 0.224. The third kappa shape index (κ3) is 4.40. The van der Waals surface area contributed by atoms with Gasteiger partial charge in [0.2, 0.25) is 0 Å². The van der Waals surface area contributed by atoms with Crippen molar-refractivity contribution < 1.29 is 4.39 Å². The number of halogens is 3. The van der Waals surface area contributed by atoms with E-state index in [0.29, 0.717) is 12.5 Å². The third-order valence-electron chi connectivity index (χ3n) is 3.29. The summed E-state index contributed by atoms with van der Waals surface area (Å²) in [6, 6.07) is 13.1. The molecule has 2 aromatic rings. The number of benzene rings is 2. The van der Waals surface area contributed by atoms with Crippen LogP contribution < -0.4 is 5.73 Å². The Morgan fingerprint density at radius 1 is 1.00 bits per heavy atom. The molecule has 20 heavy (non-hydrogen) atoms. The molecule has 0 aromatic heterocycles. The summed E-state index contributed by atoms with van der Waals surface area (Å²) < 4.78 is 15.0. The highest BCUT2D eigenvalue weighted by atomic mass is 79.9. The van der Waals surface area contributed by atoms with E-state index in [-0.39, 0.29) is 5.82 Å². The molecule has 0 fully saturated rings. The normalized spacial score (nSPS) is 12.4. The number of rotatable bonds is 5. The summed E-state index contributed by atoms with van der Waals surface area (Å²) in [6.45, 7) is 0.611. The molecular weight excluding hydrogens is 385 g/mol. The number of hydrogen-bond donors (Lipinski definition) is 1. The van der Waals surface area contributed by atoms with E-state index in [4.69, 9.17) is 5.73 Å². The van der Waals surface area contributed by atoms with Crippen LogP contribution >= 0.6 is 31.9 Å². The van der Waals surface area contributed by atoms with Crippen molar-refractivity contribution >= 4 is 31.9 Å². The Labute approximate surface area is 135 Å². The van der Waals surface area contributed by atoms with E-state index in [9.17, 15) is 4.39 Å². The van der Waals surface area contributed by atoms with Crippen LogP contribution in [0.3, 0.4) is 0 Å². The van der Waals surface area contributed by atoms with Crippen molar-refractivity contribution in [2.24, 2.45) is 11.7 Å². The molecule has 0 saturated heterocycles. The highest BCUT2D eigenvalue weighted by Crippen LogP contribution is 2.23. The van der Waals surface area contributed by atoms with E-state index in [2.05, 4.69) is 44.0 Å². The van der Waals surface area contributed by atoms with Gasteiger partial charge >= 0.3 is 0 Å². The molecule has 2 N–H and O–H groups in total. The van der Waals surface area contributed by atoms with Gasteiger partial charge in [0.15, 0.2) is 0 Å². The van der Waals surface area contributed by atoms with Gasteiger partial charge in [-0.15, -0.1) is 0 Å². The molecule has 0 saturated carbocycles. The molecule has 0 heterocycles. The van der Waals surface area contributed by atoms with Crippen LogP contribution in [0.15, 0.2) is 51.4 Å². The molecule has 0 spiro atoms. The molecule has 1 atom stereocenters. The van der Waals surface area contributed by atoms with Crippen molar-refractivity contribution in [3.05, 3.63) is 68.4 Å². The minimum Gasteiger partial charge on any atom is -0.330 e. The van der Waals surface area contributed by atoms with Gasteiger partial charge in [-0.25, -0.2) is 4.39 Å². The van der Waals surface area contributed by atoms with Crippen LogP contribution in [0.25, 0.3) is 0 Å². The quantitative estimate of drug-likeness (QED) is 0.772. The summed E-state index contributed by atoms with van der Waals surface area (Å²) in [5.41, 5.74) is 8.24. The topological polar surface area (TPSA) is 26.0 Å². The van der Waals surface area contributed by atoms with Crippen molar-refractivity contribution in [1.29, 1.82) is 0 Å². The van der Waals surface area contributed by atoms with E-state index in [1.165, 1.54) is 17.7 Å². The molecule has 0 amide bonds. The molecule has 0 aliphatic heterocycles. The molecule has 2 rings (SSSR count). The van der Waals surface area contributed by atoms with Crippen LogP contribution in [0.5, 0.6) is 0 Å². The Balaban J connectivity index is 2.07. The lowest BCUT2D eigenvalue weighted by Crippen LogP contribution is -2.19. The lowest BCUT2D eigenvalue weighted by Gasteiger charge is -2.16. The first kappa shape index (κ1) is 15.7. The van der Waals surface area contributed by atoms with Crippen LogP contribution in [-0.4, -0.2) is 6.54 Å². The fourth-order valence-corrected chi connectivity index (χ4v) is 2.97. The maximum atomic E-state index is 13.1. The fraction of sp³-hybridized carbons (Fsp3) is 0.250. The molecule has 1 unspecified atom stereocenters. The molecule has 0 bridgehead atoms. The van der Waals surface area contributed by atoms with Crippen LogP contribution in [0.4, 0.5) is 4.39 Å². The first-order chi connectivity index (χ1) is 9.58. The Kier molecular flexibility index (Phi) is 5.75. The van der Waals surface area contributed by atoms with E-state index < -0.39 is 0 Å². The van der Waals surface area contributed by atoms with E-state index in [0.717, 1.165) is 27.4 Å². The van der Waals surface area contributed by atoms with Gasteiger partial charge in [0.05, 0.1) is 0 Å². The highest BCUT2D eigenvalue weighted by molar-refractivity contribution is 9.10. The highest BCUT2D eigenvalue weighted by Gasteiger charge is 2.11. The van der Waals surface area contributed by atoms with Crippen molar-refractivity contribution in [2.45, 2.75) is 12.8 Å². The fourth-order valence-electron chi connectivity index (χ4n) is 2.19. The Bertz CT molecular complexity index is 569. The smallest absolute Gasteiger partial charge is 0.124 e. The summed E-state index contributed by atoms with van der Waals surface area (Å²) in [5.74, 6) is 0.121. The summed E-state index contributed by atoms with van der Waals surface area (Å²) in [6.07, 6.45) is 1.76. The molecule has 0 aliphatic carbocycles. The van der Waals surface area contributed by atoms with Gasteiger partial charge in [0, 0.05) is 8.95 Å². The molecule has 2 aromatic carbocycles. The maximum absolute atomic E-state index is 13.1. The van der Waals surface area contributed by atoms with Gasteiger partial charge in [0.25, 0.3) is 0 Å². The third-order valence-corrected chi connectivity index (χ3v) is 4.56. The second-order valence-electron chi connectivity index (χ2n) is 4.87. The van der Waals surface area contributed by atoms with Crippen molar-refractivity contribution in [3.8, 4) is 0 Å². The van der Waals surface area contributed by atoms with Crippen LogP contribution in [0.1, 0.15) is 11.1 Å². The van der Waals surface area contributed by atoms with Gasteiger partial charge in [0.1, 0.15) is 5.82 Å². The lowest BCUT2D eigenvalue weighted by molar-refractivity contribution is 0.531. The Hall–Kier alpha value is -0.710. The van der Waals surface area contributed by atoms with Crippen molar-refractivity contribution in [2.75, 3.05) is 6.54 Å². The monoisotopic (exact) mass is 399 g/mol. The Morgan fingerprint density at radius 2 is 1.70 bits per heavy atom. The maximum Gasteiger partial charge on any atom is 0.124 e. The zero-order valence-electron chi connectivity index (χ0n) is 11.0. The molecule has 0 aliphatic rings. The van der Waals surface area contributed by atoms with Crippen LogP contribution in [-0.2, 0) is 12.8 Å². The van der Waals surface area contributed by atoms with Crippen LogP contribution in [0, 0.1) is 11.7 Å². The predicted octanol–water partition coefficient (Wildman–Crippen LogP) is 4.71. The van der Waals surface area contributed by atoms with Gasteiger partial charge in [-0.2, -0.15) is 0 Å². The number of hydrogen-bond acceptors (Lipinski definition) is 1. The first-order valence-corrected chi connectivity index (χ1v) is 8.05. The van der Waals surface area contributed by atoms with Gasteiger partial charge < -0.3 is 5.73 Å². The molecular formula is C16H16Br2FN. The SMILES string of the molecule is NCC(Cc1ccc(Br)cc1)Cc1ccc(F)cc1Br. The second-order valence-corrected chi connectivity index (χ2v) is 6.64. The lowest BCUT2D eigenvalue weighted by atomic mass is 9.93. The molecule has 0 radical (unpaired) electrons. The summed E-state index contributed by atoms with van der Waals surface area (Å²) >= 11 is 6.85. The summed E-state index contributed by atoms with van der Waals surface area (Å²) in [7, 11) is 0. The van der Waals surface area contributed by atoms with E-state index in [1.54, 1.807) is 0 Å². The number of nitrogens with two attached hydrogens (primary N) is 1. The zero-order valence-corrected chi connectivity index (χ0v) is 14.1. The van der Waals surface area contributed by atoms with Gasteiger partial charge in [-0.3, -0.25) is 0 Å². The second kappa shape index (κ2) is 7.34. The first-order valence-electron chi connectivity index (χ1n) is 6.47. The van der Waals surface area contributed by atoms with E-state index >= 15 is 0 Å². The molecule has 4 heteroatoms. The molecule has 106 valence electrons. The van der Waals surface area contributed by atoms with E-state index in [1.807, 2.05) is 18.2 Å². The zero-order chi connectivity index (χ0) is 14.5. The Morgan fingerprint density at radius 3 is 2.30 bits per heavy atom. The molecule has 1 nitrogen and oxygen atoms in total. The summed E-state index contributed by atoms with van der Waals surface area (Å²) in [4.78, 5) is 0. The van der Waals surface area contributed by atoms with Gasteiger partial charge in [-0.1, -0.05) is 50.1 Å². The average molecular weight is 401 g/mol. The average Bonchev–Trinajstić information content (AvgIpc) is 2.43. The predicted molar refractivity (Wildman–Crippen MR) is 88.2 cm³/mol. The van der Waals surface area contributed by atoms with Crippen molar-refractivity contribution in [1.82, 2.24) is 0 Å². The van der Waals surface area contributed by atoms with Crippen molar-refractivity contribution in [3.63, 3.8) is 0 Å². The standard InChI is InChI=1S/C16H16Br2FN/c17-14-4-1-11(2-5-14)7-12(10-20)8-13-3-6-15(19)9-16(13)18/h1-6,9,12H,7-8,10,20H2. The largest absolute Gasteiger partial charge is 0.330 e. The summed E-state index contributed by atoms with van der Waals surface area (Å²) in [5, 5.41) is 0.